The van der Waals surface area contributed by atoms with Crippen molar-refractivity contribution in [3.8, 4) is 5.75 Å². The van der Waals surface area contributed by atoms with E-state index in [-0.39, 0.29) is 37.8 Å². The molecule has 174 valence electrons. The van der Waals surface area contributed by atoms with Crippen LogP contribution in [0.5, 0.6) is 5.75 Å². The van der Waals surface area contributed by atoms with Crippen LogP contribution in [0, 0.1) is 0 Å². The summed E-state index contributed by atoms with van der Waals surface area (Å²) < 4.78 is 40.5. The van der Waals surface area contributed by atoms with Gasteiger partial charge in [0.1, 0.15) is 5.75 Å². The number of piperazine rings is 1. The number of rotatable bonds is 7. The highest BCUT2D eigenvalue weighted by atomic mass is 32.2. The molecule has 1 aromatic rings. The number of nitrogens with zero attached hydrogens (tertiary/aromatic N) is 3. The minimum absolute atomic E-state index is 0.0430. The fraction of sp³-hybridized carbons (Fsp3) is 0.682. The maximum Gasteiger partial charge on any atom is 0.282 e. The molecule has 2 fully saturated rings. The van der Waals surface area contributed by atoms with Crippen molar-refractivity contribution >= 4 is 16.1 Å². The molecule has 1 aromatic carbocycles. The standard InChI is InChI=1S/C22H35N3O5S/c1-5-17(2)20-8-6-7-9-21(20)29-16-22(26)23-10-12-24(13-11-23)31(27,28)25-14-18(3)30-19(4)15-25/h6-9,17-19H,5,10-16H2,1-4H3. The van der Waals surface area contributed by atoms with Gasteiger partial charge in [-0.3, -0.25) is 4.79 Å². The Bertz CT molecular complexity index is 844. The quantitative estimate of drug-likeness (QED) is 0.632. The Morgan fingerprint density at radius 3 is 2.32 bits per heavy atom. The average Bonchev–Trinajstić information content (AvgIpc) is 2.76. The highest BCUT2D eigenvalue weighted by molar-refractivity contribution is 7.86. The smallest absolute Gasteiger partial charge is 0.282 e. The lowest BCUT2D eigenvalue weighted by Gasteiger charge is -2.40. The lowest BCUT2D eigenvalue weighted by Crippen LogP contribution is -2.58. The van der Waals surface area contributed by atoms with Crippen LogP contribution in [0.15, 0.2) is 24.3 Å². The van der Waals surface area contributed by atoms with Gasteiger partial charge in [-0.05, 0) is 37.8 Å². The van der Waals surface area contributed by atoms with Crippen molar-refractivity contribution in [2.24, 2.45) is 0 Å². The number of amides is 1. The number of benzene rings is 1. The van der Waals surface area contributed by atoms with Crippen molar-refractivity contribution < 1.29 is 22.7 Å². The van der Waals surface area contributed by atoms with Crippen LogP contribution in [0.2, 0.25) is 0 Å². The molecule has 2 aliphatic rings. The maximum absolute atomic E-state index is 13.0. The number of ether oxygens (including phenoxy) is 2. The molecule has 2 aliphatic heterocycles. The SMILES string of the molecule is CCC(C)c1ccccc1OCC(=O)N1CCN(S(=O)(=O)N2CC(C)OC(C)C2)CC1. The molecule has 3 rings (SSSR count). The monoisotopic (exact) mass is 453 g/mol. The molecule has 2 saturated heterocycles. The molecule has 0 radical (unpaired) electrons. The van der Waals surface area contributed by atoms with Gasteiger partial charge in [0, 0.05) is 39.3 Å². The Kier molecular flexibility index (Phi) is 7.96. The second kappa shape index (κ2) is 10.3. The number of carbonyl (C=O) groups is 1. The van der Waals surface area contributed by atoms with E-state index in [4.69, 9.17) is 9.47 Å². The number of carbonyl (C=O) groups excluding carboxylic acids is 1. The number of hydrogen-bond donors (Lipinski definition) is 0. The van der Waals surface area contributed by atoms with Crippen molar-refractivity contribution in [2.45, 2.75) is 52.2 Å². The summed E-state index contributed by atoms with van der Waals surface area (Å²) in [5.74, 6) is 0.970. The lowest BCUT2D eigenvalue weighted by molar-refractivity contribution is -0.134. The molecule has 8 nitrogen and oxygen atoms in total. The van der Waals surface area contributed by atoms with Crippen molar-refractivity contribution in [2.75, 3.05) is 45.9 Å². The molecule has 0 spiro atoms. The Morgan fingerprint density at radius 2 is 1.71 bits per heavy atom. The first-order valence-corrected chi connectivity index (χ1v) is 12.5. The first-order chi connectivity index (χ1) is 14.7. The van der Waals surface area contributed by atoms with Gasteiger partial charge < -0.3 is 14.4 Å². The summed E-state index contributed by atoms with van der Waals surface area (Å²) in [6, 6.07) is 7.81. The van der Waals surface area contributed by atoms with Gasteiger partial charge in [0.15, 0.2) is 6.61 Å². The summed E-state index contributed by atoms with van der Waals surface area (Å²) >= 11 is 0. The van der Waals surface area contributed by atoms with Crippen LogP contribution in [0.4, 0.5) is 0 Å². The van der Waals surface area contributed by atoms with E-state index in [0.29, 0.717) is 32.1 Å². The number of morpholine rings is 1. The predicted octanol–water partition coefficient (Wildman–Crippen LogP) is 2.08. The zero-order valence-corrected chi connectivity index (χ0v) is 19.8. The van der Waals surface area contributed by atoms with E-state index >= 15 is 0 Å². The minimum atomic E-state index is -3.56. The zero-order chi connectivity index (χ0) is 22.6. The molecule has 3 atom stereocenters. The molecule has 0 aliphatic carbocycles. The molecule has 31 heavy (non-hydrogen) atoms. The lowest BCUT2D eigenvalue weighted by atomic mass is 9.98. The van der Waals surface area contributed by atoms with Gasteiger partial charge in [0.25, 0.3) is 16.1 Å². The summed E-state index contributed by atoms with van der Waals surface area (Å²) in [7, 11) is -3.56. The maximum atomic E-state index is 13.0. The van der Waals surface area contributed by atoms with Gasteiger partial charge in [0.2, 0.25) is 0 Å². The predicted molar refractivity (Wildman–Crippen MR) is 119 cm³/mol. The topological polar surface area (TPSA) is 79.4 Å². The van der Waals surface area contributed by atoms with Crippen molar-refractivity contribution in [3.05, 3.63) is 29.8 Å². The van der Waals surface area contributed by atoms with Gasteiger partial charge in [-0.2, -0.15) is 17.0 Å². The van der Waals surface area contributed by atoms with Crippen molar-refractivity contribution in [1.29, 1.82) is 0 Å². The fourth-order valence-electron chi connectivity index (χ4n) is 4.12. The Labute approximate surface area is 186 Å². The molecule has 1 amide bonds. The first-order valence-electron chi connectivity index (χ1n) is 11.1. The molecule has 0 aromatic heterocycles. The highest BCUT2D eigenvalue weighted by Gasteiger charge is 2.37. The van der Waals surface area contributed by atoms with E-state index in [0.717, 1.165) is 17.7 Å². The van der Waals surface area contributed by atoms with Crippen LogP contribution in [0.3, 0.4) is 0 Å². The van der Waals surface area contributed by atoms with Gasteiger partial charge in [0.05, 0.1) is 12.2 Å². The summed E-state index contributed by atoms with van der Waals surface area (Å²) in [6.45, 7) is 10.0. The van der Waals surface area contributed by atoms with E-state index in [1.165, 1.54) is 8.61 Å². The molecule has 0 bridgehead atoms. The van der Waals surface area contributed by atoms with Crippen LogP contribution < -0.4 is 4.74 Å². The van der Waals surface area contributed by atoms with Gasteiger partial charge in [-0.15, -0.1) is 0 Å². The number of hydrogen-bond acceptors (Lipinski definition) is 5. The second-order valence-electron chi connectivity index (χ2n) is 8.50. The van der Waals surface area contributed by atoms with Gasteiger partial charge in [-0.1, -0.05) is 32.0 Å². The largest absolute Gasteiger partial charge is 0.483 e. The fourth-order valence-corrected chi connectivity index (χ4v) is 5.87. The highest BCUT2D eigenvalue weighted by Crippen LogP contribution is 2.28. The minimum Gasteiger partial charge on any atom is -0.483 e. The van der Waals surface area contributed by atoms with Crippen molar-refractivity contribution in [3.63, 3.8) is 0 Å². The summed E-state index contributed by atoms with van der Waals surface area (Å²) in [6.07, 6.45) is 0.736. The van der Waals surface area contributed by atoms with Gasteiger partial charge >= 0.3 is 0 Å². The molecule has 9 heteroatoms. The van der Waals surface area contributed by atoms with E-state index in [1.807, 2.05) is 38.1 Å². The Morgan fingerprint density at radius 1 is 1.10 bits per heavy atom. The van der Waals surface area contributed by atoms with Crippen LogP contribution in [-0.4, -0.2) is 85.9 Å². The third-order valence-corrected chi connectivity index (χ3v) is 8.01. The van der Waals surface area contributed by atoms with E-state index in [2.05, 4.69) is 13.8 Å². The normalized spacial score (nSPS) is 24.7. The van der Waals surface area contributed by atoms with E-state index in [1.54, 1.807) is 4.90 Å². The van der Waals surface area contributed by atoms with Gasteiger partial charge in [-0.25, -0.2) is 0 Å². The molecular weight excluding hydrogens is 418 g/mol. The Balaban J connectivity index is 1.53. The zero-order valence-electron chi connectivity index (χ0n) is 19.0. The summed E-state index contributed by atoms with van der Waals surface area (Å²) in [5, 5.41) is 0. The summed E-state index contributed by atoms with van der Waals surface area (Å²) in [5.41, 5.74) is 1.10. The van der Waals surface area contributed by atoms with Crippen LogP contribution in [0.25, 0.3) is 0 Å². The molecule has 2 heterocycles. The number of para-hydroxylation sites is 1. The first kappa shape index (κ1) is 24.0. The van der Waals surface area contributed by atoms with Crippen molar-refractivity contribution in [1.82, 2.24) is 13.5 Å². The second-order valence-corrected chi connectivity index (χ2v) is 10.4. The molecule has 0 saturated carbocycles. The average molecular weight is 454 g/mol. The van der Waals surface area contributed by atoms with E-state index in [9.17, 15) is 13.2 Å². The Hall–Kier alpha value is -1.68. The van der Waals surface area contributed by atoms with E-state index < -0.39 is 10.2 Å². The molecular formula is C22H35N3O5S. The van der Waals surface area contributed by atoms with Crippen LogP contribution >= 0.6 is 0 Å². The third kappa shape index (κ3) is 5.77. The molecule has 3 unspecified atom stereocenters. The van der Waals surface area contributed by atoms with Crippen LogP contribution in [-0.2, 0) is 19.7 Å². The third-order valence-electron chi connectivity index (χ3n) is 6.04. The summed E-state index contributed by atoms with van der Waals surface area (Å²) in [4.78, 5) is 14.4. The molecule has 0 N–H and O–H groups in total. The van der Waals surface area contributed by atoms with Crippen LogP contribution in [0.1, 0.15) is 45.6 Å².